The van der Waals surface area contributed by atoms with Crippen molar-refractivity contribution in [2.75, 3.05) is 13.7 Å². The summed E-state index contributed by atoms with van der Waals surface area (Å²) < 4.78 is 13.0. The fourth-order valence-corrected chi connectivity index (χ4v) is 2.57. The second kappa shape index (κ2) is 6.83. The standard InChI is InChI=1S/C17H21N3O3/c1-3-17(21)18-8-14-9-20-10-15(19-16(20)11-23-14)12-4-6-13(22-2)7-5-12/h4-7,10,14H,3,8-9,11H2,1-2H3,(H,18,21)/t14-/m0/s1. The smallest absolute Gasteiger partial charge is 0.219 e. The Bertz CT molecular complexity index is 679. The highest BCUT2D eigenvalue weighted by molar-refractivity contribution is 5.75. The Balaban J connectivity index is 1.69. The summed E-state index contributed by atoms with van der Waals surface area (Å²) in [6, 6.07) is 7.83. The molecule has 1 aliphatic heterocycles. The molecule has 0 fully saturated rings. The number of fused-ring (bicyclic) bond motifs is 1. The zero-order valence-corrected chi connectivity index (χ0v) is 13.4. The van der Waals surface area contributed by atoms with Gasteiger partial charge < -0.3 is 19.4 Å². The molecule has 0 saturated carbocycles. The highest BCUT2D eigenvalue weighted by atomic mass is 16.5. The van der Waals surface area contributed by atoms with E-state index in [1.165, 1.54) is 0 Å². The van der Waals surface area contributed by atoms with Gasteiger partial charge in [0.25, 0.3) is 0 Å². The predicted octanol–water partition coefficient (Wildman–Crippen LogP) is 1.98. The van der Waals surface area contributed by atoms with E-state index in [2.05, 4.69) is 14.9 Å². The van der Waals surface area contributed by atoms with Crippen LogP contribution in [0.25, 0.3) is 11.3 Å². The molecule has 1 aromatic heterocycles. The minimum absolute atomic E-state index is 0.0177. The van der Waals surface area contributed by atoms with Gasteiger partial charge in [0.05, 0.1) is 25.5 Å². The predicted molar refractivity (Wildman–Crippen MR) is 86.1 cm³/mol. The SMILES string of the molecule is CCC(=O)NC[C@H]1Cn2cc(-c3ccc(OC)cc3)nc2CO1. The van der Waals surface area contributed by atoms with Crippen molar-refractivity contribution in [3.8, 4) is 17.0 Å². The van der Waals surface area contributed by atoms with Crippen molar-refractivity contribution in [1.29, 1.82) is 0 Å². The van der Waals surface area contributed by atoms with Gasteiger partial charge in [0.2, 0.25) is 5.91 Å². The van der Waals surface area contributed by atoms with Crippen LogP contribution in [0.2, 0.25) is 0 Å². The molecule has 0 bridgehead atoms. The van der Waals surface area contributed by atoms with Gasteiger partial charge in [0.1, 0.15) is 18.2 Å². The summed E-state index contributed by atoms with van der Waals surface area (Å²) >= 11 is 0. The van der Waals surface area contributed by atoms with Crippen LogP contribution < -0.4 is 10.1 Å². The van der Waals surface area contributed by atoms with Gasteiger partial charge in [-0.25, -0.2) is 4.98 Å². The minimum Gasteiger partial charge on any atom is -0.497 e. The van der Waals surface area contributed by atoms with Crippen molar-refractivity contribution < 1.29 is 14.3 Å². The average Bonchev–Trinajstić information content (AvgIpc) is 3.03. The third-order valence-corrected chi connectivity index (χ3v) is 3.94. The van der Waals surface area contributed by atoms with E-state index in [9.17, 15) is 4.79 Å². The van der Waals surface area contributed by atoms with Crippen LogP contribution in [0.5, 0.6) is 5.75 Å². The molecule has 0 saturated heterocycles. The van der Waals surface area contributed by atoms with Gasteiger partial charge in [-0.3, -0.25) is 4.79 Å². The third-order valence-electron chi connectivity index (χ3n) is 3.94. The Morgan fingerprint density at radius 1 is 1.43 bits per heavy atom. The number of nitrogens with one attached hydrogen (secondary N) is 1. The van der Waals surface area contributed by atoms with E-state index in [1.54, 1.807) is 7.11 Å². The number of benzene rings is 1. The number of amides is 1. The molecule has 1 N–H and O–H groups in total. The first-order valence-corrected chi connectivity index (χ1v) is 7.78. The molecule has 0 spiro atoms. The number of nitrogens with zero attached hydrogens (tertiary/aromatic N) is 2. The van der Waals surface area contributed by atoms with Crippen LogP contribution >= 0.6 is 0 Å². The third kappa shape index (κ3) is 3.53. The van der Waals surface area contributed by atoms with Gasteiger partial charge in [-0.2, -0.15) is 0 Å². The Morgan fingerprint density at radius 3 is 2.91 bits per heavy atom. The van der Waals surface area contributed by atoms with Crippen LogP contribution in [-0.2, 0) is 22.7 Å². The van der Waals surface area contributed by atoms with Crippen molar-refractivity contribution in [2.45, 2.75) is 32.6 Å². The number of methoxy groups -OCH3 is 1. The van der Waals surface area contributed by atoms with Crippen molar-refractivity contribution in [1.82, 2.24) is 14.9 Å². The number of ether oxygens (including phenoxy) is 2. The summed E-state index contributed by atoms with van der Waals surface area (Å²) in [5.41, 5.74) is 1.97. The summed E-state index contributed by atoms with van der Waals surface area (Å²) in [7, 11) is 1.65. The number of hydrogen-bond acceptors (Lipinski definition) is 4. The van der Waals surface area contributed by atoms with E-state index in [-0.39, 0.29) is 12.0 Å². The largest absolute Gasteiger partial charge is 0.497 e. The molecule has 0 radical (unpaired) electrons. The fraction of sp³-hybridized carbons (Fsp3) is 0.412. The highest BCUT2D eigenvalue weighted by Gasteiger charge is 2.21. The molecule has 0 aliphatic carbocycles. The Morgan fingerprint density at radius 2 is 2.22 bits per heavy atom. The molecule has 1 aliphatic rings. The summed E-state index contributed by atoms with van der Waals surface area (Å²) in [4.78, 5) is 16.0. The molecule has 122 valence electrons. The van der Waals surface area contributed by atoms with Crippen LogP contribution in [0.1, 0.15) is 19.2 Å². The molecule has 2 heterocycles. The molecule has 2 aromatic rings. The fourth-order valence-electron chi connectivity index (χ4n) is 2.57. The molecular formula is C17H21N3O3. The van der Waals surface area contributed by atoms with Crippen molar-refractivity contribution in [3.05, 3.63) is 36.3 Å². The molecule has 1 amide bonds. The zero-order chi connectivity index (χ0) is 16.2. The Labute approximate surface area is 135 Å². The number of aromatic nitrogens is 2. The van der Waals surface area contributed by atoms with E-state index in [1.807, 2.05) is 37.4 Å². The molecule has 6 heteroatoms. The molecular weight excluding hydrogens is 294 g/mol. The number of rotatable bonds is 5. The lowest BCUT2D eigenvalue weighted by molar-refractivity contribution is -0.121. The Hall–Kier alpha value is -2.34. The summed E-state index contributed by atoms with van der Waals surface area (Å²) in [5, 5.41) is 2.87. The van der Waals surface area contributed by atoms with E-state index >= 15 is 0 Å². The van der Waals surface area contributed by atoms with Crippen molar-refractivity contribution >= 4 is 5.91 Å². The maximum Gasteiger partial charge on any atom is 0.219 e. The number of carbonyl (C=O) groups is 1. The van der Waals surface area contributed by atoms with Crippen LogP contribution in [0.3, 0.4) is 0 Å². The molecule has 6 nitrogen and oxygen atoms in total. The second-order valence-electron chi connectivity index (χ2n) is 5.51. The lowest BCUT2D eigenvalue weighted by Crippen LogP contribution is -2.38. The van der Waals surface area contributed by atoms with Crippen LogP contribution in [-0.4, -0.2) is 35.2 Å². The first kappa shape index (κ1) is 15.6. The van der Waals surface area contributed by atoms with Crippen molar-refractivity contribution in [2.24, 2.45) is 0 Å². The topological polar surface area (TPSA) is 65.4 Å². The lowest BCUT2D eigenvalue weighted by Gasteiger charge is -2.24. The normalized spacial score (nSPS) is 16.7. The number of hydrogen-bond donors (Lipinski definition) is 1. The van der Waals surface area contributed by atoms with Crippen LogP contribution in [0.4, 0.5) is 0 Å². The van der Waals surface area contributed by atoms with Gasteiger partial charge in [0.15, 0.2) is 0 Å². The van der Waals surface area contributed by atoms with Crippen LogP contribution in [0.15, 0.2) is 30.5 Å². The van der Waals surface area contributed by atoms with E-state index in [4.69, 9.17) is 9.47 Å². The average molecular weight is 315 g/mol. The van der Waals surface area contributed by atoms with Gasteiger partial charge in [-0.1, -0.05) is 6.92 Å². The zero-order valence-electron chi connectivity index (χ0n) is 13.4. The van der Waals surface area contributed by atoms with Gasteiger partial charge in [-0.15, -0.1) is 0 Å². The molecule has 0 unspecified atom stereocenters. The first-order valence-electron chi connectivity index (χ1n) is 7.78. The molecule has 1 aromatic carbocycles. The van der Waals surface area contributed by atoms with E-state index < -0.39 is 0 Å². The lowest BCUT2D eigenvalue weighted by atomic mass is 10.2. The second-order valence-corrected chi connectivity index (χ2v) is 5.51. The quantitative estimate of drug-likeness (QED) is 0.916. The Kier molecular flexibility index (Phi) is 4.62. The van der Waals surface area contributed by atoms with Crippen LogP contribution in [0, 0.1) is 0 Å². The summed E-state index contributed by atoms with van der Waals surface area (Å²) in [5.74, 6) is 1.78. The molecule has 3 rings (SSSR count). The first-order chi connectivity index (χ1) is 11.2. The summed E-state index contributed by atoms with van der Waals surface area (Å²) in [6.07, 6.45) is 2.51. The maximum absolute atomic E-state index is 11.3. The van der Waals surface area contributed by atoms with Crippen molar-refractivity contribution in [3.63, 3.8) is 0 Å². The maximum atomic E-state index is 11.3. The van der Waals surface area contributed by atoms with E-state index in [0.29, 0.717) is 26.1 Å². The van der Waals surface area contributed by atoms with Gasteiger partial charge in [-0.05, 0) is 24.3 Å². The highest BCUT2D eigenvalue weighted by Crippen LogP contribution is 2.24. The number of carbonyl (C=O) groups excluding carboxylic acids is 1. The molecule has 1 atom stereocenters. The van der Waals surface area contributed by atoms with E-state index in [0.717, 1.165) is 22.8 Å². The van der Waals surface area contributed by atoms with Gasteiger partial charge >= 0.3 is 0 Å². The van der Waals surface area contributed by atoms with Gasteiger partial charge in [0, 0.05) is 24.7 Å². The minimum atomic E-state index is -0.0177. The summed E-state index contributed by atoms with van der Waals surface area (Å²) in [6.45, 7) is 3.53. The monoisotopic (exact) mass is 315 g/mol. The number of imidazole rings is 1. The molecule has 23 heavy (non-hydrogen) atoms.